The number of benzene rings is 2. The molecule has 30 heavy (non-hydrogen) atoms. The molecule has 0 saturated carbocycles. The summed E-state index contributed by atoms with van der Waals surface area (Å²) in [7, 11) is 1.30. The third kappa shape index (κ3) is 5.03. The fraction of sp³-hybridized carbons (Fsp3) is 0.143. The van der Waals surface area contributed by atoms with Gasteiger partial charge in [0.05, 0.1) is 30.3 Å². The summed E-state index contributed by atoms with van der Waals surface area (Å²) in [4.78, 5) is 36.3. The summed E-state index contributed by atoms with van der Waals surface area (Å²) < 4.78 is 6.08. The number of carbonyl (C=O) groups is 2. The zero-order valence-corrected chi connectivity index (χ0v) is 17.8. The van der Waals surface area contributed by atoms with E-state index in [1.165, 1.54) is 17.9 Å². The fourth-order valence-corrected chi connectivity index (χ4v) is 3.74. The van der Waals surface area contributed by atoms with Crippen LogP contribution >= 0.6 is 22.9 Å². The van der Waals surface area contributed by atoms with Crippen molar-refractivity contribution in [3.05, 3.63) is 90.5 Å². The number of hydrogen-bond acceptors (Lipinski definition) is 6. The average molecular weight is 444 g/mol. The summed E-state index contributed by atoms with van der Waals surface area (Å²) >= 11 is 7.24. The molecule has 0 radical (unpaired) electrons. The van der Waals surface area contributed by atoms with Crippen LogP contribution in [0.5, 0.6) is 0 Å². The number of thiazole rings is 1. The van der Waals surface area contributed by atoms with Crippen molar-refractivity contribution in [3.63, 3.8) is 0 Å². The van der Waals surface area contributed by atoms with Gasteiger partial charge in [0.1, 0.15) is 5.15 Å². The number of esters is 1. The van der Waals surface area contributed by atoms with Gasteiger partial charge < -0.3 is 4.74 Å². The van der Waals surface area contributed by atoms with Crippen LogP contribution in [0, 0.1) is 6.92 Å². The van der Waals surface area contributed by atoms with Gasteiger partial charge in [-0.25, -0.2) is 10.2 Å². The zero-order chi connectivity index (χ0) is 21.7. The number of methoxy groups -OCH3 is 1. The molecule has 0 fully saturated rings. The number of nitrogens with zero attached hydrogens (tertiary/aromatic N) is 2. The van der Waals surface area contributed by atoms with E-state index in [4.69, 9.17) is 16.3 Å². The molecule has 1 N–H and O–H groups in total. The van der Waals surface area contributed by atoms with Gasteiger partial charge >= 0.3 is 10.8 Å². The predicted molar refractivity (Wildman–Crippen MR) is 117 cm³/mol. The summed E-state index contributed by atoms with van der Waals surface area (Å²) in [6.07, 6.45) is 1.34. The first kappa shape index (κ1) is 21.5. The largest absolute Gasteiger partial charge is 0.465 e. The van der Waals surface area contributed by atoms with E-state index in [2.05, 4.69) is 10.5 Å². The number of nitrogens with one attached hydrogen (secondary N) is 1. The molecule has 9 heteroatoms. The van der Waals surface area contributed by atoms with Crippen LogP contribution in [0.25, 0.3) is 0 Å². The highest BCUT2D eigenvalue weighted by Crippen LogP contribution is 2.19. The van der Waals surface area contributed by atoms with Crippen LogP contribution in [0.1, 0.15) is 36.7 Å². The van der Waals surface area contributed by atoms with Crippen LogP contribution < -0.4 is 10.3 Å². The average Bonchev–Trinajstić information content (AvgIpc) is 3.01. The van der Waals surface area contributed by atoms with E-state index in [9.17, 15) is 14.4 Å². The number of hydrogen-bond donors (Lipinski definition) is 1. The van der Waals surface area contributed by atoms with E-state index >= 15 is 0 Å². The predicted octanol–water partition coefficient (Wildman–Crippen LogP) is 3.47. The summed E-state index contributed by atoms with van der Waals surface area (Å²) in [5.74, 6) is -0.827. The van der Waals surface area contributed by atoms with E-state index in [1.807, 2.05) is 19.1 Å². The van der Waals surface area contributed by atoms with Crippen LogP contribution in [-0.4, -0.2) is 29.8 Å². The van der Waals surface area contributed by atoms with Crippen molar-refractivity contribution in [3.8, 4) is 0 Å². The number of ether oxygens (including phenoxy) is 1. The number of amides is 1. The molecule has 0 aliphatic heterocycles. The lowest BCUT2D eigenvalue weighted by molar-refractivity contribution is 0.0600. The van der Waals surface area contributed by atoms with Gasteiger partial charge in [0.15, 0.2) is 0 Å². The second-order valence-corrected chi connectivity index (χ2v) is 7.72. The fourth-order valence-electron chi connectivity index (χ4n) is 2.63. The van der Waals surface area contributed by atoms with E-state index in [0.717, 1.165) is 22.5 Å². The third-order valence-electron chi connectivity index (χ3n) is 4.21. The third-order valence-corrected chi connectivity index (χ3v) is 5.64. The Bertz CT molecular complexity index is 1170. The Balaban J connectivity index is 1.73. The number of rotatable bonds is 6. The molecule has 0 atom stereocenters. The van der Waals surface area contributed by atoms with Gasteiger partial charge in [-0.05, 0) is 36.8 Å². The molecule has 7 nitrogen and oxygen atoms in total. The van der Waals surface area contributed by atoms with Gasteiger partial charge in [-0.3, -0.25) is 14.2 Å². The monoisotopic (exact) mass is 443 g/mol. The lowest BCUT2D eigenvalue weighted by Crippen LogP contribution is -2.17. The Morgan fingerprint density at radius 1 is 1.20 bits per heavy atom. The van der Waals surface area contributed by atoms with Crippen molar-refractivity contribution >= 4 is 41.0 Å². The molecular weight excluding hydrogens is 426 g/mol. The second kappa shape index (κ2) is 9.51. The first-order valence-corrected chi connectivity index (χ1v) is 10.0. The molecule has 3 rings (SSSR count). The van der Waals surface area contributed by atoms with Crippen molar-refractivity contribution in [2.24, 2.45) is 5.10 Å². The highest BCUT2D eigenvalue weighted by Gasteiger charge is 2.13. The highest BCUT2D eigenvalue weighted by molar-refractivity contribution is 7.11. The van der Waals surface area contributed by atoms with Crippen molar-refractivity contribution < 1.29 is 14.3 Å². The minimum absolute atomic E-state index is 0.183. The molecule has 0 aliphatic rings. The summed E-state index contributed by atoms with van der Waals surface area (Å²) in [6.45, 7) is 2.11. The SMILES string of the molecule is COC(=O)c1cccc(Cn2c(Cl)c(/C=N\NC(=O)c3ccc(C)cc3)sc2=O)c1. The Morgan fingerprint density at radius 3 is 2.63 bits per heavy atom. The molecule has 0 unspecified atom stereocenters. The quantitative estimate of drug-likeness (QED) is 0.359. The summed E-state index contributed by atoms with van der Waals surface area (Å²) in [5, 5.41) is 4.10. The highest BCUT2D eigenvalue weighted by atomic mass is 35.5. The maximum absolute atomic E-state index is 12.3. The normalized spacial score (nSPS) is 10.9. The van der Waals surface area contributed by atoms with Gasteiger partial charge in [-0.15, -0.1) is 0 Å². The van der Waals surface area contributed by atoms with Gasteiger partial charge in [-0.2, -0.15) is 5.10 Å². The number of halogens is 1. The molecule has 0 saturated heterocycles. The summed E-state index contributed by atoms with van der Waals surface area (Å²) in [6, 6.07) is 13.8. The molecule has 154 valence electrons. The lowest BCUT2D eigenvalue weighted by Gasteiger charge is -2.06. The molecule has 0 aliphatic carbocycles. The van der Waals surface area contributed by atoms with Crippen LogP contribution in [-0.2, 0) is 11.3 Å². The molecule has 2 aromatic carbocycles. The van der Waals surface area contributed by atoms with E-state index in [-0.39, 0.29) is 22.5 Å². The molecule has 3 aromatic rings. The van der Waals surface area contributed by atoms with E-state index in [1.54, 1.807) is 36.4 Å². The molecule has 0 spiro atoms. The number of carbonyl (C=O) groups excluding carboxylic acids is 2. The smallest absolute Gasteiger partial charge is 0.337 e. The topological polar surface area (TPSA) is 89.8 Å². The van der Waals surface area contributed by atoms with Crippen molar-refractivity contribution in [2.45, 2.75) is 13.5 Å². The minimum atomic E-state index is -0.460. The van der Waals surface area contributed by atoms with Crippen LogP contribution in [0.15, 0.2) is 58.4 Å². The Hall–Kier alpha value is -3.23. The first-order chi connectivity index (χ1) is 14.4. The van der Waals surface area contributed by atoms with Gasteiger partial charge in [0, 0.05) is 5.56 Å². The Kier molecular flexibility index (Phi) is 6.81. The lowest BCUT2D eigenvalue weighted by atomic mass is 10.1. The van der Waals surface area contributed by atoms with Crippen LogP contribution in [0.4, 0.5) is 0 Å². The van der Waals surface area contributed by atoms with Gasteiger partial charge in [-0.1, -0.05) is 52.8 Å². The minimum Gasteiger partial charge on any atom is -0.465 e. The van der Waals surface area contributed by atoms with Gasteiger partial charge in [0.25, 0.3) is 5.91 Å². The van der Waals surface area contributed by atoms with Crippen molar-refractivity contribution in [2.75, 3.05) is 7.11 Å². The standard InChI is InChI=1S/C21H18ClN3O4S/c1-13-6-8-15(9-7-13)19(26)24-23-11-17-18(22)25(21(28)30-17)12-14-4-3-5-16(10-14)20(27)29-2/h3-11H,12H2,1-2H3,(H,24,26)/b23-11-. The zero-order valence-electron chi connectivity index (χ0n) is 16.2. The second-order valence-electron chi connectivity index (χ2n) is 6.37. The van der Waals surface area contributed by atoms with Crippen molar-refractivity contribution in [1.29, 1.82) is 0 Å². The Labute approximate surface area is 181 Å². The Morgan fingerprint density at radius 2 is 1.93 bits per heavy atom. The van der Waals surface area contributed by atoms with Gasteiger partial charge in [0.2, 0.25) is 0 Å². The number of hydrazone groups is 1. The molecule has 1 heterocycles. The van der Waals surface area contributed by atoms with E-state index < -0.39 is 5.97 Å². The van der Waals surface area contributed by atoms with Crippen molar-refractivity contribution in [1.82, 2.24) is 9.99 Å². The summed E-state index contributed by atoms with van der Waals surface area (Å²) in [5.41, 5.74) is 5.04. The molecule has 1 aromatic heterocycles. The molecular formula is C21H18ClN3O4S. The van der Waals surface area contributed by atoms with E-state index in [0.29, 0.717) is 16.0 Å². The first-order valence-electron chi connectivity index (χ1n) is 8.85. The number of aryl methyl sites for hydroxylation is 1. The van der Waals surface area contributed by atoms with Crippen LogP contribution in [0.3, 0.4) is 0 Å². The maximum atomic E-state index is 12.3. The molecule has 1 amide bonds. The van der Waals surface area contributed by atoms with Crippen LogP contribution in [0.2, 0.25) is 5.15 Å². The number of aromatic nitrogens is 1. The maximum Gasteiger partial charge on any atom is 0.337 e. The molecule has 0 bridgehead atoms.